The van der Waals surface area contributed by atoms with Crippen LogP contribution in [0.2, 0.25) is 0 Å². The van der Waals surface area contributed by atoms with E-state index in [-0.39, 0.29) is 30.3 Å². The molecule has 0 saturated carbocycles. The van der Waals surface area contributed by atoms with Gasteiger partial charge in [-0.3, -0.25) is 14.9 Å². The molecule has 3 N–H and O–H groups in total. The third kappa shape index (κ3) is 5.16. The van der Waals surface area contributed by atoms with Crippen LogP contribution in [0.15, 0.2) is 66.7 Å². The fourth-order valence-corrected chi connectivity index (χ4v) is 4.25. The van der Waals surface area contributed by atoms with Crippen molar-refractivity contribution in [2.75, 3.05) is 18.5 Å². The van der Waals surface area contributed by atoms with E-state index in [1.54, 1.807) is 6.92 Å². The first-order valence-electron chi connectivity index (χ1n) is 11.3. The summed E-state index contributed by atoms with van der Waals surface area (Å²) < 4.78 is 19.7. The van der Waals surface area contributed by atoms with E-state index >= 15 is 0 Å². The quantitative estimate of drug-likeness (QED) is 0.423. The maximum atomic E-state index is 14.2. The lowest BCUT2D eigenvalue weighted by molar-refractivity contribution is -0.141. The molecule has 0 aliphatic heterocycles. The molecule has 1 unspecified atom stereocenters. The van der Waals surface area contributed by atoms with Gasteiger partial charge in [0.2, 0.25) is 0 Å². The molecule has 0 saturated heterocycles. The predicted octanol–water partition coefficient (Wildman–Crippen LogP) is 5.03. The molecule has 35 heavy (non-hydrogen) atoms. The molecule has 3 aromatic carbocycles. The Labute approximate surface area is 201 Å². The van der Waals surface area contributed by atoms with Crippen LogP contribution < -0.4 is 10.6 Å². The topological polar surface area (TPSA) is 105 Å². The number of carbonyl (C=O) groups excluding carboxylic acids is 2. The number of nitrogens with one attached hydrogen (secondary N) is 2. The average Bonchev–Trinajstić information content (AvgIpc) is 3.17. The zero-order chi connectivity index (χ0) is 24.9. The smallest absolute Gasteiger partial charge is 0.411 e. The lowest BCUT2D eigenvalue weighted by Gasteiger charge is -2.15. The molecule has 0 bridgehead atoms. The molecule has 4 rings (SSSR count). The van der Waals surface area contributed by atoms with Gasteiger partial charge in [-0.15, -0.1) is 0 Å². The van der Waals surface area contributed by atoms with Gasteiger partial charge in [0, 0.05) is 18.2 Å². The Morgan fingerprint density at radius 3 is 2.23 bits per heavy atom. The van der Waals surface area contributed by atoms with Crippen LogP contribution in [0.3, 0.4) is 0 Å². The molecule has 1 aliphatic carbocycles. The van der Waals surface area contributed by atoms with Crippen LogP contribution >= 0.6 is 0 Å². The van der Waals surface area contributed by atoms with Gasteiger partial charge in [0.05, 0.1) is 11.5 Å². The highest BCUT2D eigenvalue weighted by Crippen LogP contribution is 2.44. The third-order valence-corrected chi connectivity index (χ3v) is 6.15. The molecule has 0 aromatic heterocycles. The van der Waals surface area contributed by atoms with Crippen molar-refractivity contribution in [3.05, 3.63) is 89.2 Å². The zero-order valence-electron chi connectivity index (χ0n) is 19.1. The van der Waals surface area contributed by atoms with Crippen LogP contribution in [0.5, 0.6) is 0 Å². The largest absolute Gasteiger partial charge is 0.481 e. The molecule has 7 nitrogen and oxygen atoms in total. The standard InChI is InChI=1S/C27H25FN2O5/c1-2-16(26(32)33)14-29-25(31)22-13-17(11-12-24(22)28)30-27(34)35-15-23-20-9-5-3-7-18(20)19-8-4-6-10-21(19)23/h3-13,16,23H,2,14-15H2,1H3,(H,29,31)(H,30,34)(H,32,33). The Balaban J connectivity index is 1.40. The minimum absolute atomic E-state index is 0.108. The fraction of sp³-hybridized carbons (Fsp3) is 0.222. The number of benzene rings is 3. The number of carboxylic acid groups (broad SMARTS) is 1. The number of hydrogen-bond acceptors (Lipinski definition) is 4. The average molecular weight is 477 g/mol. The van der Waals surface area contributed by atoms with Crippen molar-refractivity contribution < 1.29 is 28.6 Å². The van der Waals surface area contributed by atoms with Gasteiger partial charge >= 0.3 is 12.1 Å². The Bertz CT molecular complexity index is 1230. The summed E-state index contributed by atoms with van der Waals surface area (Å²) in [6.45, 7) is 1.67. The van der Waals surface area contributed by atoms with E-state index in [2.05, 4.69) is 10.6 Å². The third-order valence-electron chi connectivity index (χ3n) is 6.15. The molecule has 0 fully saturated rings. The van der Waals surface area contributed by atoms with Crippen LogP contribution in [0.1, 0.15) is 40.7 Å². The van der Waals surface area contributed by atoms with E-state index in [0.29, 0.717) is 6.42 Å². The van der Waals surface area contributed by atoms with Gasteiger partial charge in [-0.05, 0) is 46.9 Å². The van der Waals surface area contributed by atoms with Gasteiger partial charge in [-0.25, -0.2) is 9.18 Å². The van der Waals surface area contributed by atoms with Crippen LogP contribution in [-0.4, -0.2) is 36.2 Å². The van der Waals surface area contributed by atoms with Gasteiger partial charge < -0.3 is 15.2 Å². The normalized spacial score (nSPS) is 12.9. The summed E-state index contributed by atoms with van der Waals surface area (Å²) in [6, 6.07) is 19.5. The fourth-order valence-electron chi connectivity index (χ4n) is 4.25. The van der Waals surface area contributed by atoms with E-state index in [9.17, 15) is 18.8 Å². The number of aliphatic carboxylic acids is 1. The number of hydrogen-bond donors (Lipinski definition) is 3. The monoisotopic (exact) mass is 476 g/mol. The Morgan fingerprint density at radius 2 is 1.63 bits per heavy atom. The SMILES string of the molecule is CCC(CNC(=O)c1cc(NC(=O)OCC2c3ccccc3-c3ccccc32)ccc1F)C(=O)O. The molecule has 1 atom stereocenters. The highest BCUT2D eigenvalue weighted by atomic mass is 19.1. The van der Waals surface area contributed by atoms with E-state index in [0.717, 1.165) is 28.3 Å². The highest BCUT2D eigenvalue weighted by molar-refractivity contribution is 5.96. The first-order valence-corrected chi connectivity index (χ1v) is 11.3. The predicted molar refractivity (Wildman–Crippen MR) is 129 cm³/mol. The molecule has 0 heterocycles. The second-order valence-corrected chi connectivity index (χ2v) is 8.30. The first-order chi connectivity index (χ1) is 16.9. The maximum Gasteiger partial charge on any atom is 0.411 e. The molecule has 180 valence electrons. The van der Waals surface area contributed by atoms with E-state index in [1.807, 2.05) is 48.5 Å². The second-order valence-electron chi connectivity index (χ2n) is 8.30. The van der Waals surface area contributed by atoms with Crippen molar-refractivity contribution in [3.63, 3.8) is 0 Å². The van der Waals surface area contributed by atoms with Gasteiger partial charge in [0.1, 0.15) is 12.4 Å². The summed E-state index contributed by atoms with van der Waals surface area (Å²) >= 11 is 0. The van der Waals surface area contributed by atoms with E-state index in [4.69, 9.17) is 9.84 Å². The first kappa shape index (κ1) is 23.9. The number of halogens is 1. The van der Waals surface area contributed by atoms with Crippen molar-refractivity contribution >= 4 is 23.7 Å². The van der Waals surface area contributed by atoms with Gasteiger partial charge in [0.15, 0.2) is 0 Å². The summed E-state index contributed by atoms with van der Waals surface area (Å²) in [4.78, 5) is 36.0. The van der Waals surface area contributed by atoms with Crippen molar-refractivity contribution in [2.45, 2.75) is 19.3 Å². The lowest BCUT2D eigenvalue weighted by Crippen LogP contribution is -2.33. The molecule has 8 heteroatoms. The lowest BCUT2D eigenvalue weighted by atomic mass is 9.98. The Kier molecular flexibility index (Phi) is 7.10. The maximum absolute atomic E-state index is 14.2. The number of amides is 2. The molecular weight excluding hydrogens is 451 g/mol. The Morgan fingerprint density at radius 1 is 1.00 bits per heavy atom. The molecule has 3 aromatic rings. The minimum Gasteiger partial charge on any atom is -0.481 e. The zero-order valence-corrected chi connectivity index (χ0v) is 19.1. The summed E-state index contributed by atoms with van der Waals surface area (Å²) in [5, 5.41) is 14.1. The van der Waals surface area contributed by atoms with Crippen LogP contribution in [0.4, 0.5) is 14.9 Å². The van der Waals surface area contributed by atoms with Crippen LogP contribution in [0, 0.1) is 11.7 Å². The minimum atomic E-state index is -1.04. The number of carbonyl (C=O) groups is 3. The Hall–Kier alpha value is -4.20. The van der Waals surface area contributed by atoms with Gasteiger partial charge in [-0.2, -0.15) is 0 Å². The van der Waals surface area contributed by atoms with Gasteiger partial charge in [0.25, 0.3) is 5.91 Å². The molecule has 0 radical (unpaired) electrons. The van der Waals surface area contributed by atoms with Crippen LogP contribution in [-0.2, 0) is 9.53 Å². The summed E-state index contributed by atoms with van der Waals surface area (Å²) in [5.74, 6) is -3.48. The van der Waals surface area contributed by atoms with Crippen molar-refractivity contribution in [2.24, 2.45) is 5.92 Å². The number of carboxylic acids is 1. The van der Waals surface area contributed by atoms with Crippen molar-refractivity contribution in [1.29, 1.82) is 0 Å². The van der Waals surface area contributed by atoms with Crippen molar-refractivity contribution in [3.8, 4) is 11.1 Å². The summed E-state index contributed by atoms with van der Waals surface area (Å²) in [5.41, 5.74) is 4.25. The number of ether oxygens (including phenoxy) is 1. The van der Waals surface area contributed by atoms with Gasteiger partial charge in [-0.1, -0.05) is 55.5 Å². The van der Waals surface area contributed by atoms with E-state index < -0.39 is 29.7 Å². The molecule has 1 aliphatic rings. The summed E-state index contributed by atoms with van der Waals surface area (Å²) in [7, 11) is 0. The second kappa shape index (κ2) is 10.4. The molecule has 2 amide bonds. The van der Waals surface area contributed by atoms with E-state index in [1.165, 1.54) is 12.1 Å². The van der Waals surface area contributed by atoms with Crippen molar-refractivity contribution in [1.82, 2.24) is 5.32 Å². The molecular formula is C27H25FN2O5. The number of anilines is 1. The molecule has 0 spiro atoms. The highest BCUT2D eigenvalue weighted by Gasteiger charge is 2.29. The number of fused-ring (bicyclic) bond motifs is 3. The van der Waals surface area contributed by atoms with Crippen LogP contribution in [0.25, 0.3) is 11.1 Å². The summed E-state index contributed by atoms with van der Waals surface area (Å²) in [6.07, 6.45) is -0.414. The number of rotatable bonds is 8.